The highest BCUT2D eigenvalue weighted by atomic mass is 127. The molecule has 0 heterocycles. The maximum atomic E-state index is 12.8. The van der Waals surface area contributed by atoms with Gasteiger partial charge >= 0.3 is 0 Å². The molecule has 2 aromatic rings. The smallest absolute Gasteiger partial charge is 0.191 e. The first-order chi connectivity index (χ1) is 12.7. The van der Waals surface area contributed by atoms with Crippen molar-refractivity contribution in [3.63, 3.8) is 0 Å². The molecule has 0 saturated heterocycles. The molecule has 0 radical (unpaired) electrons. The summed E-state index contributed by atoms with van der Waals surface area (Å²) in [5.41, 5.74) is 1.25. The zero-order valence-electron chi connectivity index (χ0n) is 15.4. The van der Waals surface area contributed by atoms with Gasteiger partial charge in [-0.2, -0.15) is 0 Å². The Morgan fingerprint density at radius 3 is 2.48 bits per heavy atom. The Hall–Kier alpha value is -1.87. The number of aliphatic imine (C=N–C) groups is 1. The van der Waals surface area contributed by atoms with Crippen LogP contribution in [0, 0.1) is 5.82 Å². The van der Waals surface area contributed by atoms with E-state index in [-0.39, 0.29) is 42.9 Å². The number of ether oxygens (including phenoxy) is 1. The van der Waals surface area contributed by atoms with E-state index in [1.807, 2.05) is 25.1 Å². The van der Waals surface area contributed by atoms with Crippen molar-refractivity contribution in [3.8, 4) is 5.75 Å². The van der Waals surface area contributed by atoms with Gasteiger partial charge < -0.3 is 20.5 Å². The fourth-order valence-electron chi connectivity index (χ4n) is 2.28. The lowest BCUT2D eigenvalue weighted by molar-refractivity contribution is 0.114. The minimum absolute atomic E-state index is 0. The third kappa shape index (κ3) is 9.58. The molecule has 7 heteroatoms. The normalized spacial score (nSPS) is 12.0. The molecule has 0 fully saturated rings. The SMILES string of the molecule is CCNC(=NCC(O)COc1ccc(F)cc1)NCCc1ccccc1.I. The van der Waals surface area contributed by atoms with E-state index >= 15 is 0 Å². The zero-order chi connectivity index (χ0) is 18.6. The molecule has 0 amide bonds. The van der Waals surface area contributed by atoms with Gasteiger partial charge in [0.25, 0.3) is 0 Å². The van der Waals surface area contributed by atoms with Gasteiger partial charge in [-0.15, -0.1) is 24.0 Å². The molecule has 2 aromatic carbocycles. The molecule has 0 aromatic heterocycles. The van der Waals surface area contributed by atoms with Crippen LogP contribution < -0.4 is 15.4 Å². The number of nitrogens with zero attached hydrogens (tertiary/aromatic N) is 1. The highest BCUT2D eigenvalue weighted by Gasteiger charge is 2.06. The Labute approximate surface area is 177 Å². The number of guanidine groups is 1. The van der Waals surface area contributed by atoms with Crippen molar-refractivity contribution in [2.45, 2.75) is 19.4 Å². The van der Waals surface area contributed by atoms with E-state index in [4.69, 9.17) is 4.74 Å². The summed E-state index contributed by atoms with van der Waals surface area (Å²) < 4.78 is 18.3. The number of rotatable bonds is 9. The Morgan fingerprint density at radius 1 is 1.11 bits per heavy atom. The molecule has 0 spiro atoms. The van der Waals surface area contributed by atoms with Crippen molar-refractivity contribution < 1.29 is 14.2 Å². The highest BCUT2D eigenvalue weighted by molar-refractivity contribution is 14.0. The summed E-state index contributed by atoms with van der Waals surface area (Å²) in [7, 11) is 0. The lowest BCUT2D eigenvalue weighted by atomic mass is 10.1. The maximum absolute atomic E-state index is 12.8. The lowest BCUT2D eigenvalue weighted by Crippen LogP contribution is -2.39. The van der Waals surface area contributed by atoms with Crippen LogP contribution in [0.3, 0.4) is 0 Å². The maximum Gasteiger partial charge on any atom is 0.191 e. The summed E-state index contributed by atoms with van der Waals surface area (Å²) >= 11 is 0. The second-order valence-electron chi connectivity index (χ2n) is 5.80. The van der Waals surface area contributed by atoms with Crippen LogP contribution in [0.15, 0.2) is 59.6 Å². The lowest BCUT2D eigenvalue weighted by Gasteiger charge is -2.14. The number of aliphatic hydroxyl groups is 1. The minimum Gasteiger partial charge on any atom is -0.491 e. The summed E-state index contributed by atoms with van der Waals surface area (Å²) in [4.78, 5) is 4.38. The van der Waals surface area contributed by atoms with Crippen molar-refractivity contribution in [2.75, 3.05) is 26.2 Å². The van der Waals surface area contributed by atoms with Crippen molar-refractivity contribution in [1.29, 1.82) is 0 Å². The Morgan fingerprint density at radius 2 is 1.81 bits per heavy atom. The largest absolute Gasteiger partial charge is 0.491 e. The molecule has 0 saturated carbocycles. The van der Waals surface area contributed by atoms with E-state index in [2.05, 4.69) is 27.8 Å². The summed E-state index contributed by atoms with van der Waals surface area (Å²) in [6.45, 7) is 3.78. The number of hydrogen-bond donors (Lipinski definition) is 3. The second-order valence-corrected chi connectivity index (χ2v) is 5.80. The van der Waals surface area contributed by atoms with Gasteiger partial charge in [-0.25, -0.2) is 4.39 Å². The minimum atomic E-state index is -0.746. The molecule has 5 nitrogen and oxygen atoms in total. The molecule has 3 N–H and O–H groups in total. The highest BCUT2D eigenvalue weighted by Crippen LogP contribution is 2.11. The van der Waals surface area contributed by atoms with E-state index in [0.717, 1.165) is 19.5 Å². The second kappa shape index (κ2) is 13.3. The Kier molecular flexibility index (Phi) is 11.4. The van der Waals surface area contributed by atoms with Crippen LogP contribution >= 0.6 is 24.0 Å². The van der Waals surface area contributed by atoms with E-state index in [0.29, 0.717) is 11.7 Å². The quantitative estimate of drug-likeness (QED) is 0.289. The molecule has 2 rings (SSSR count). The van der Waals surface area contributed by atoms with Crippen LogP contribution in [0.4, 0.5) is 4.39 Å². The van der Waals surface area contributed by atoms with Crippen LogP contribution in [0.1, 0.15) is 12.5 Å². The van der Waals surface area contributed by atoms with E-state index in [1.165, 1.54) is 29.8 Å². The fourth-order valence-corrected chi connectivity index (χ4v) is 2.28. The Bertz CT molecular complexity index is 669. The van der Waals surface area contributed by atoms with Crippen LogP contribution in [0.5, 0.6) is 5.75 Å². The van der Waals surface area contributed by atoms with Gasteiger partial charge in [0.15, 0.2) is 5.96 Å². The monoisotopic (exact) mass is 487 g/mol. The Balaban J connectivity index is 0.00000364. The van der Waals surface area contributed by atoms with Gasteiger partial charge in [0.05, 0.1) is 6.54 Å². The van der Waals surface area contributed by atoms with Crippen molar-refractivity contribution in [3.05, 3.63) is 66.0 Å². The van der Waals surface area contributed by atoms with Gasteiger partial charge in [0.1, 0.15) is 24.3 Å². The van der Waals surface area contributed by atoms with Gasteiger partial charge in [-0.3, -0.25) is 4.99 Å². The molecular formula is C20H27FIN3O2. The molecule has 0 bridgehead atoms. The van der Waals surface area contributed by atoms with Crippen LogP contribution in [-0.2, 0) is 6.42 Å². The summed E-state index contributed by atoms with van der Waals surface area (Å²) in [5, 5.41) is 16.4. The molecule has 1 atom stereocenters. The number of hydrogen-bond acceptors (Lipinski definition) is 3. The molecule has 0 aliphatic rings. The number of nitrogens with one attached hydrogen (secondary N) is 2. The molecule has 148 valence electrons. The summed E-state index contributed by atoms with van der Waals surface area (Å²) in [5.74, 6) is 0.853. The van der Waals surface area contributed by atoms with Gasteiger partial charge in [-0.1, -0.05) is 30.3 Å². The summed E-state index contributed by atoms with van der Waals surface area (Å²) in [6, 6.07) is 15.9. The van der Waals surface area contributed by atoms with Crippen LogP contribution in [0.2, 0.25) is 0 Å². The van der Waals surface area contributed by atoms with Gasteiger partial charge in [0, 0.05) is 13.1 Å². The number of halogens is 2. The van der Waals surface area contributed by atoms with Crippen molar-refractivity contribution in [2.24, 2.45) is 4.99 Å². The average Bonchev–Trinajstić information content (AvgIpc) is 2.66. The fraction of sp³-hybridized carbons (Fsp3) is 0.350. The first-order valence-electron chi connectivity index (χ1n) is 8.80. The predicted molar refractivity (Wildman–Crippen MR) is 117 cm³/mol. The van der Waals surface area contributed by atoms with E-state index in [9.17, 15) is 9.50 Å². The predicted octanol–water partition coefficient (Wildman–Crippen LogP) is 2.98. The molecule has 0 aliphatic heterocycles. The third-order valence-corrected chi connectivity index (χ3v) is 3.61. The van der Waals surface area contributed by atoms with Gasteiger partial charge in [0.2, 0.25) is 0 Å². The van der Waals surface area contributed by atoms with Crippen molar-refractivity contribution in [1.82, 2.24) is 10.6 Å². The van der Waals surface area contributed by atoms with E-state index < -0.39 is 6.10 Å². The molecular weight excluding hydrogens is 460 g/mol. The van der Waals surface area contributed by atoms with E-state index in [1.54, 1.807) is 0 Å². The zero-order valence-corrected chi connectivity index (χ0v) is 17.7. The first-order valence-corrected chi connectivity index (χ1v) is 8.80. The topological polar surface area (TPSA) is 65.9 Å². The number of aliphatic hydroxyl groups excluding tert-OH is 1. The van der Waals surface area contributed by atoms with Crippen LogP contribution in [0.25, 0.3) is 0 Å². The molecule has 0 aliphatic carbocycles. The third-order valence-electron chi connectivity index (χ3n) is 3.61. The van der Waals surface area contributed by atoms with Gasteiger partial charge in [-0.05, 0) is 43.2 Å². The average molecular weight is 487 g/mol. The first kappa shape index (κ1) is 23.2. The number of benzene rings is 2. The van der Waals surface area contributed by atoms with Crippen molar-refractivity contribution >= 4 is 29.9 Å². The molecule has 27 heavy (non-hydrogen) atoms. The molecule has 1 unspecified atom stereocenters. The summed E-state index contributed by atoms with van der Waals surface area (Å²) in [6.07, 6.45) is 0.145. The standard InChI is InChI=1S/C20H26FN3O2.HI/c1-2-22-20(23-13-12-16-6-4-3-5-7-16)24-14-18(25)15-26-19-10-8-17(21)9-11-19;/h3-11,18,25H,2,12-15H2,1H3,(H2,22,23,24);1H. The van der Waals surface area contributed by atoms with Crippen LogP contribution in [-0.4, -0.2) is 43.4 Å².